The Morgan fingerprint density at radius 1 is 1.25 bits per heavy atom. The summed E-state index contributed by atoms with van der Waals surface area (Å²) in [7, 11) is 0. The Bertz CT molecular complexity index is 298. The highest BCUT2D eigenvalue weighted by Gasteiger charge is 2.08. The van der Waals surface area contributed by atoms with E-state index in [9.17, 15) is 8.78 Å². The maximum absolute atomic E-state index is 12.0. The van der Waals surface area contributed by atoms with Crippen LogP contribution in [0.5, 0.6) is 5.75 Å². The van der Waals surface area contributed by atoms with Gasteiger partial charge in [0.2, 0.25) is 0 Å². The minimum absolute atomic E-state index is 0.299. The van der Waals surface area contributed by atoms with E-state index in [4.69, 9.17) is 0 Å². The zero-order valence-electron chi connectivity index (χ0n) is 10.4. The summed E-state index contributed by atoms with van der Waals surface area (Å²) in [4.78, 5) is 0. The fourth-order valence-corrected chi connectivity index (χ4v) is 1.38. The number of rotatable bonds is 4. The highest BCUT2D eigenvalue weighted by Crippen LogP contribution is 2.23. The number of ether oxygens (including phenoxy) is 1. The van der Waals surface area contributed by atoms with Gasteiger partial charge < -0.3 is 4.74 Å². The van der Waals surface area contributed by atoms with Gasteiger partial charge in [-0.15, -0.1) is 0 Å². The summed E-state index contributed by atoms with van der Waals surface area (Å²) in [6.45, 7) is 5.20. The van der Waals surface area contributed by atoms with Crippen LogP contribution in [0.25, 0.3) is 0 Å². The van der Waals surface area contributed by atoms with Gasteiger partial charge in [0.25, 0.3) is 0 Å². The number of alkyl halides is 2. The number of benzene rings is 1. The lowest BCUT2D eigenvalue weighted by Crippen LogP contribution is -2.04. The largest absolute Gasteiger partial charge is 0.435 e. The van der Waals surface area contributed by atoms with Crippen molar-refractivity contribution in [2.75, 3.05) is 0 Å². The first kappa shape index (κ1) is 14.9. The average Bonchev–Trinajstić information content (AvgIpc) is 2.25. The van der Waals surface area contributed by atoms with Crippen LogP contribution in [0.4, 0.5) is 8.78 Å². The van der Waals surface area contributed by atoms with Gasteiger partial charge in [0, 0.05) is 0 Å². The molecule has 0 radical (unpaired) electrons. The molecular weight excluding hydrogens is 210 g/mol. The molecular formula is C13H20F2O. The van der Waals surface area contributed by atoms with Crippen molar-refractivity contribution in [1.82, 2.24) is 0 Å². The fraction of sp³-hybridized carbons (Fsp3) is 0.538. The third-order valence-electron chi connectivity index (χ3n) is 1.95. The number of hydrogen-bond donors (Lipinski definition) is 0. The zero-order valence-corrected chi connectivity index (χ0v) is 10.4. The Balaban J connectivity index is 0.00000106. The smallest absolute Gasteiger partial charge is 0.387 e. The maximum Gasteiger partial charge on any atom is 0.387 e. The molecule has 1 aromatic carbocycles. The molecule has 0 fully saturated rings. The molecule has 92 valence electrons. The predicted molar refractivity (Wildman–Crippen MR) is 63.2 cm³/mol. The molecule has 0 saturated carbocycles. The third-order valence-corrected chi connectivity index (χ3v) is 1.95. The van der Waals surface area contributed by atoms with E-state index in [1.165, 1.54) is 0 Å². The first-order valence-corrected chi connectivity index (χ1v) is 5.67. The van der Waals surface area contributed by atoms with Crippen LogP contribution in [0.1, 0.15) is 38.3 Å². The van der Waals surface area contributed by atoms with Crippen molar-refractivity contribution in [2.24, 2.45) is 0 Å². The number of hydrogen-bond acceptors (Lipinski definition) is 1. The second-order valence-corrected chi connectivity index (χ2v) is 3.24. The van der Waals surface area contributed by atoms with Gasteiger partial charge in [0.1, 0.15) is 5.75 Å². The molecule has 0 aliphatic rings. The molecule has 0 aliphatic heterocycles. The molecule has 3 heteroatoms. The van der Waals surface area contributed by atoms with E-state index in [1.807, 2.05) is 33.8 Å². The summed E-state index contributed by atoms with van der Waals surface area (Å²) < 4.78 is 28.5. The van der Waals surface area contributed by atoms with Crippen LogP contribution in [0.3, 0.4) is 0 Å². The summed E-state index contributed by atoms with van der Waals surface area (Å²) in [5.74, 6) is 0.299. The van der Waals surface area contributed by atoms with Gasteiger partial charge in [-0.2, -0.15) is 8.78 Å². The molecule has 0 aliphatic carbocycles. The standard InChI is InChI=1S/C11H14F2O.C2H6/c1-3-4-9-7-8(2)5-6-10(9)14-11(12)13;1-2/h5-7,11H,3-4H2,1-2H3;1-2H3. The maximum atomic E-state index is 12.0. The first-order chi connectivity index (χ1) is 7.63. The van der Waals surface area contributed by atoms with Crippen LogP contribution in [0.15, 0.2) is 18.2 Å². The van der Waals surface area contributed by atoms with Gasteiger partial charge >= 0.3 is 6.61 Å². The van der Waals surface area contributed by atoms with Gasteiger partial charge in [0.15, 0.2) is 0 Å². The fourth-order valence-electron chi connectivity index (χ4n) is 1.38. The van der Waals surface area contributed by atoms with E-state index in [2.05, 4.69) is 4.74 Å². The molecule has 0 amide bonds. The Labute approximate surface area is 96.4 Å². The third kappa shape index (κ3) is 5.10. The second kappa shape index (κ2) is 8.08. The quantitative estimate of drug-likeness (QED) is 0.736. The first-order valence-electron chi connectivity index (χ1n) is 5.67. The Morgan fingerprint density at radius 2 is 1.88 bits per heavy atom. The molecule has 0 spiro atoms. The van der Waals surface area contributed by atoms with Crippen molar-refractivity contribution in [2.45, 2.75) is 47.1 Å². The number of aryl methyl sites for hydroxylation is 2. The van der Waals surface area contributed by atoms with Crippen LogP contribution in [0.2, 0.25) is 0 Å². The molecule has 0 unspecified atom stereocenters. The van der Waals surface area contributed by atoms with Crippen LogP contribution < -0.4 is 4.74 Å². The van der Waals surface area contributed by atoms with E-state index in [0.717, 1.165) is 24.0 Å². The number of halogens is 2. The van der Waals surface area contributed by atoms with Crippen molar-refractivity contribution in [3.63, 3.8) is 0 Å². The van der Waals surface area contributed by atoms with Crippen molar-refractivity contribution >= 4 is 0 Å². The lowest BCUT2D eigenvalue weighted by Gasteiger charge is -2.10. The van der Waals surface area contributed by atoms with Crippen molar-refractivity contribution in [3.05, 3.63) is 29.3 Å². The molecule has 0 aromatic heterocycles. The van der Waals surface area contributed by atoms with Gasteiger partial charge in [-0.05, 0) is 25.0 Å². The summed E-state index contributed by atoms with van der Waals surface area (Å²) in [5.41, 5.74) is 1.92. The summed E-state index contributed by atoms with van der Waals surface area (Å²) in [5, 5.41) is 0. The molecule has 1 nitrogen and oxygen atoms in total. The SMILES string of the molecule is CC.CCCc1cc(C)ccc1OC(F)F. The van der Waals surface area contributed by atoms with E-state index in [-0.39, 0.29) is 0 Å². The molecule has 16 heavy (non-hydrogen) atoms. The van der Waals surface area contributed by atoms with E-state index < -0.39 is 6.61 Å². The molecule has 0 bridgehead atoms. The van der Waals surface area contributed by atoms with Crippen molar-refractivity contribution in [3.8, 4) is 5.75 Å². The topological polar surface area (TPSA) is 9.23 Å². The van der Waals surface area contributed by atoms with Crippen LogP contribution in [0, 0.1) is 6.92 Å². The Morgan fingerprint density at radius 3 is 2.38 bits per heavy atom. The van der Waals surface area contributed by atoms with Crippen LogP contribution in [-0.4, -0.2) is 6.61 Å². The van der Waals surface area contributed by atoms with Crippen LogP contribution in [-0.2, 0) is 6.42 Å². The van der Waals surface area contributed by atoms with Crippen LogP contribution >= 0.6 is 0 Å². The minimum atomic E-state index is -2.74. The normalized spacial score (nSPS) is 9.69. The molecule has 1 rings (SSSR count). The molecule has 0 heterocycles. The minimum Gasteiger partial charge on any atom is -0.435 e. The molecule has 0 atom stereocenters. The monoisotopic (exact) mass is 230 g/mol. The molecule has 0 N–H and O–H groups in total. The summed E-state index contributed by atoms with van der Waals surface area (Å²) >= 11 is 0. The van der Waals surface area contributed by atoms with Gasteiger partial charge in [-0.3, -0.25) is 0 Å². The molecule has 0 saturated heterocycles. The van der Waals surface area contributed by atoms with Crippen molar-refractivity contribution in [1.29, 1.82) is 0 Å². The summed E-state index contributed by atoms with van der Waals surface area (Å²) in [6.07, 6.45) is 1.69. The summed E-state index contributed by atoms with van der Waals surface area (Å²) in [6, 6.07) is 5.27. The van der Waals surface area contributed by atoms with Gasteiger partial charge in [-0.25, -0.2) is 0 Å². The molecule has 1 aromatic rings. The van der Waals surface area contributed by atoms with Gasteiger partial charge in [-0.1, -0.05) is 44.9 Å². The lowest BCUT2D eigenvalue weighted by atomic mass is 10.1. The van der Waals surface area contributed by atoms with E-state index >= 15 is 0 Å². The highest BCUT2D eigenvalue weighted by molar-refractivity contribution is 5.36. The van der Waals surface area contributed by atoms with Gasteiger partial charge in [0.05, 0.1) is 0 Å². The highest BCUT2D eigenvalue weighted by atomic mass is 19.3. The van der Waals surface area contributed by atoms with E-state index in [0.29, 0.717) is 5.75 Å². The lowest BCUT2D eigenvalue weighted by molar-refractivity contribution is -0.0504. The zero-order chi connectivity index (χ0) is 12.6. The average molecular weight is 230 g/mol. The Kier molecular flexibility index (Phi) is 7.52. The van der Waals surface area contributed by atoms with E-state index in [1.54, 1.807) is 12.1 Å². The predicted octanol–water partition coefficient (Wildman–Crippen LogP) is 4.58. The van der Waals surface area contributed by atoms with Crippen molar-refractivity contribution < 1.29 is 13.5 Å². The Hall–Kier alpha value is -1.12. The second-order valence-electron chi connectivity index (χ2n) is 3.24.